The van der Waals surface area contributed by atoms with Crippen LogP contribution < -0.4 is 47.9 Å². The van der Waals surface area contributed by atoms with Crippen molar-refractivity contribution in [3.05, 3.63) is 0 Å². The molecular formula is C63H115N9O27. The molecule has 0 aromatic heterocycles. The first-order chi connectivity index (χ1) is 47.3. The maximum atomic E-state index is 12.7. The van der Waals surface area contributed by atoms with Crippen LogP contribution in [0.3, 0.4) is 0 Å². The Labute approximate surface area is 578 Å². The molecule has 0 spiro atoms. The summed E-state index contributed by atoms with van der Waals surface area (Å²) in [4.78, 5) is 110. The SMILES string of the molecule is CC(=O)NC1C(OCCCCC(=O)NCCCNC(=O)CCOCC(C)(COCCC(=O)NCCCNC(=O)CCCCOC2OC(CO)C(O)C(O)C2NC(C)=O)COCCC(=O)NCCCNC(=O)CCCCOC(OC(CO)[C@@H](C)O)[C@H](CO)NC(C)=O)OC(CO)C(O)C1O. The molecule has 574 valence electrons. The van der Waals surface area contributed by atoms with E-state index in [0.29, 0.717) is 77.4 Å². The van der Waals surface area contributed by atoms with Gasteiger partial charge in [0, 0.05) is 124 Å². The molecule has 0 aromatic carbocycles. The molecule has 2 rings (SSSR count). The Morgan fingerprint density at radius 2 is 0.788 bits per heavy atom. The number of amides is 9. The van der Waals surface area contributed by atoms with E-state index in [1.165, 1.54) is 27.7 Å². The van der Waals surface area contributed by atoms with Gasteiger partial charge in [0.1, 0.15) is 60.9 Å². The van der Waals surface area contributed by atoms with Crippen LogP contribution >= 0.6 is 0 Å². The molecule has 2 fully saturated rings. The van der Waals surface area contributed by atoms with Gasteiger partial charge in [-0.3, -0.25) is 43.2 Å². The number of carbonyl (C=O) groups is 9. The molecule has 36 heteroatoms. The highest BCUT2D eigenvalue weighted by molar-refractivity contribution is 5.78. The number of aliphatic hydroxyl groups is 9. The molecule has 2 saturated heterocycles. The minimum Gasteiger partial charge on any atom is -0.394 e. The highest BCUT2D eigenvalue weighted by Crippen LogP contribution is 2.25. The van der Waals surface area contributed by atoms with Crippen LogP contribution in [0.15, 0.2) is 0 Å². The van der Waals surface area contributed by atoms with Crippen molar-refractivity contribution in [3.63, 3.8) is 0 Å². The van der Waals surface area contributed by atoms with Gasteiger partial charge in [-0.1, -0.05) is 6.92 Å². The fourth-order valence-electron chi connectivity index (χ4n) is 9.92. The van der Waals surface area contributed by atoms with Crippen LogP contribution in [-0.4, -0.2) is 310 Å². The van der Waals surface area contributed by atoms with Crippen molar-refractivity contribution in [2.24, 2.45) is 5.41 Å². The molecule has 0 saturated carbocycles. The van der Waals surface area contributed by atoms with Crippen molar-refractivity contribution in [2.75, 3.05) is 125 Å². The topological polar surface area (TPSA) is 527 Å². The smallest absolute Gasteiger partial charge is 0.222 e. The monoisotopic (exact) mass is 1430 g/mol. The zero-order valence-electron chi connectivity index (χ0n) is 58.0. The second kappa shape index (κ2) is 52.5. The Hall–Kier alpha value is -5.49. The van der Waals surface area contributed by atoms with Gasteiger partial charge in [-0.25, -0.2) is 0 Å². The third-order valence-corrected chi connectivity index (χ3v) is 15.4. The number of nitrogens with one attached hydrogen (secondary N) is 9. The van der Waals surface area contributed by atoms with Crippen molar-refractivity contribution in [1.29, 1.82) is 0 Å². The molecule has 99 heavy (non-hydrogen) atoms. The van der Waals surface area contributed by atoms with E-state index in [1.54, 1.807) is 0 Å². The summed E-state index contributed by atoms with van der Waals surface area (Å²) in [7, 11) is 0. The summed E-state index contributed by atoms with van der Waals surface area (Å²) in [5.41, 5.74) is -0.793. The van der Waals surface area contributed by atoms with Crippen molar-refractivity contribution in [2.45, 2.75) is 217 Å². The highest BCUT2D eigenvalue weighted by Gasteiger charge is 2.47. The Morgan fingerprint density at radius 1 is 0.444 bits per heavy atom. The lowest BCUT2D eigenvalue weighted by atomic mass is 9.94. The van der Waals surface area contributed by atoms with E-state index in [0.717, 1.165) is 0 Å². The van der Waals surface area contributed by atoms with Crippen molar-refractivity contribution in [3.8, 4) is 0 Å². The summed E-state index contributed by atoms with van der Waals surface area (Å²) in [6, 6.07) is -3.11. The lowest BCUT2D eigenvalue weighted by molar-refractivity contribution is -0.270. The predicted molar refractivity (Wildman–Crippen MR) is 349 cm³/mol. The second-order valence-electron chi connectivity index (χ2n) is 24.7. The number of rotatable bonds is 56. The quantitative estimate of drug-likeness (QED) is 0.0199. The molecule has 18 N–H and O–H groups in total. The van der Waals surface area contributed by atoms with Crippen LogP contribution in [0.5, 0.6) is 0 Å². The van der Waals surface area contributed by atoms with E-state index in [-0.39, 0.29) is 153 Å². The first kappa shape index (κ1) is 89.6. The molecule has 14 atom stereocenters. The summed E-state index contributed by atoms with van der Waals surface area (Å²) in [6.07, 6.45) is -9.04. The van der Waals surface area contributed by atoms with Crippen molar-refractivity contribution < 1.29 is 132 Å². The first-order valence-corrected chi connectivity index (χ1v) is 34.1. The summed E-state index contributed by atoms with van der Waals surface area (Å²) in [5.74, 6) is -2.93. The predicted octanol–water partition coefficient (Wildman–Crippen LogP) is -5.89. The molecule has 0 aromatic rings. The molecule has 12 unspecified atom stereocenters. The van der Waals surface area contributed by atoms with E-state index in [9.17, 15) is 89.1 Å². The number of ether oxygens (including phenoxy) is 9. The maximum absolute atomic E-state index is 12.7. The van der Waals surface area contributed by atoms with Crippen LogP contribution in [0.1, 0.15) is 131 Å². The Kier molecular flexibility index (Phi) is 47.5. The second-order valence-corrected chi connectivity index (χ2v) is 24.7. The number of hydrogen-bond acceptors (Lipinski definition) is 27. The third kappa shape index (κ3) is 39.5. The van der Waals surface area contributed by atoms with Crippen molar-refractivity contribution in [1.82, 2.24) is 47.9 Å². The fraction of sp³-hybridized carbons (Fsp3) is 0.857. The molecule has 0 bridgehead atoms. The summed E-state index contributed by atoms with van der Waals surface area (Å²) < 4.78 is 51.5. The average Bonchev–Trinajstić information content (AvgIpc) is 0.817. The van der Waals surface area contributed by atoms with Crippen LogP contribution in [0.4, 0.5) is 0 Å². The van der Waals surface area contributed by atoms with Crippen LogP contribution in [0, 0.1) is 5.41 Å². The van der Waals surface area contributed by atoms with Gasteiger partial charge >= 0.3 is 0 Å². The minimum atomic E-state index is -1.44. The van der Waals surface area contributed by atoms with Gasteiger partial charge in [-0.15, -0.1) is 0 Å². The maximum Gasteiger partial charge on any atom is 0.222 e. The Morgan fingerprint density at radius 3 is 1.09 bits per heavy atom. The van der Waals surface area contributed by atoms with E-state index in [1.807, 2.05) is 6.92 Å². The summed E-state index contributed by atoms with van der Waals surface area (Å²) in [5, 5.41) is 114. The first-order valence-electron chi connectivity index (χ1n) is 34.1. The fourth-order valence-corrected chi connectivity index (χ4v) is 9.92. The standard InChI is InChI=1S/C63H115N9O27/c1-40(77)45(34-74)97-60(44(33-73)70-41(2)78)94-27-9-6-15-48(81)64-21-12-24-67-51(84)18-30-91-37-63(5,38-92-31-19-52(85)68-25-13-22-65-49(82)16-7-10-28-95-61-54(71-42(3)79)58(89)56(87)46(35-75)98-61)39-93-32-20-53(86)69-26-14-23-66-50(83)17-8-11-29-96-62-55(72-43(4)80)59(90)57(88)47(36-76)99-62/h40,44-47,54-62,73-77,87-90H,6-39H2,1-5H3,(H,64,81)(H,65,82)(H,66,83)(H,67,84)(H,68,85)(H,69,86)(H,70,78)(H,71,79)(H,72,80)/t40-,44+,45?,46?,47?,54?,55?,56?,57?,58?,59?,60?,61?,62?,63?/m1/s1. The van der Waals surface area contributed by atoms with Gasteiger partial charge in [0.15, 0.2) is 18.9 Å². The average molecular weight is 1430 g/mol. The van der Waals surface area contributed by atoms with Crippen LogP contribution in [0.2, 0.25) is 0 Å². The molecular weight excluding hydrogens is 1310 g/mol. The molecule has 2 heterocycles. The van der Waals surface area contributed by atoms with Gasteiger partial charge in [-0.2, -0.15) is 0 Å². The molecule has 0 radical (unpaired) electrons. The van der Waals surface area contributed by atoms with Gasteiger partial charge in [0.25, 0.3) is 0 Å². The lowest BCUT2D eigenvalue weighted by Crippen LogP contribution is -2.64. The zero-order valence-corrected chi connectivity index (χ0v) is 58.0. The molecule has 36 nitrogen and oxygen atoms in total. The number of carbonyl (C=O) groups excluding carboxylic acids is 9. The third-order valence-electron chi connectivity index (χ3n) is 15.4. The van der Waals surface area contributed by atoms with Gasteiger partial charge in [0.2, 0.25) is 53.2 Å². The number of unbranched alkanes of at least 4 members (excludes halogenated alkanes) is 3. The normalized spacial score (nSPS) is 22.5. The molecule has 9 amide bonds. The van der Waals surface area contributed by atoms with E-state index < -0.39 is 135 Å². The summed E-state index contributed by atoms with van der Waals surface area (Å²) >= 11 is 0. The number of hydrogen-bond donors (Lipinski definition) is 18. The van der Waals surface area contributed by atoms with Crippen LogP contribution in [0.25, 0.3) is 0 Å². The van der Waals surface area contributed by atoms with E-state index in [4.69, 9.17) is 42.6 Å². The van der Waals surface area contributed by atoms with Gasteiger partial charge in [0.05, 0.1) is 72.2 Å². The molecule has 2 aliphatic rings. The van der Waals surface area contributed by atoms with E-state index >= 15 is 0 Å². The van der Waals surface area contributed by atoms with Crippen LogP contribution in [-0.2, 0) is 85.8 Å². The minimum absolute atomic E-state index is 0.0162. The lowest BCUT2D eigenvalue weighted by Gasteiger charge is -2.42. The molecule has 0 aliphatic carbocycles. The Balaban J connectivity index is 1.76. The summed E-state index contributed by atoms with van der Waals surface area (Å²) in [6.45, 7) is 7.11. The highest BCUT2D eigenvalue weighted by atomic mass is 16.7. The zero-order chi connectivity index (χ0) is 73.5. The number of aliphatic hydroxyl groups excluding tert-OH is 9. The van der Waals surface area contributed by atoms with Gasteiger partial charge in [-0.05, 0) is 64.7 Å². The van der Waals surface area contributed by atoms with Gasteiger partial charge < -0.3 is 136 Å². The van der Waals surface area contributed by atoms with E-state index in [2.05, 4.69) is 47.9 Å². The molecule has 2 aliphatic heterocycles. The van der Waals surface area contributed by atoms with Crippen molar-refractivity contribution >= 4 is 53.2 Å². The largest absolute Gasteiger partial charge is 0.394 e. The Bertz CT molecular complexity index is 2220.